The molecule has 0 spiro atoms. The fourth-order valence-electron chi connectivity index (χ4n) is 1.64. The van der Waals surface area contributed by atoms with Crippen LogP contribution in [0.2, 0.25) is 5.02 Å². The van der Waals surface area contributed by atoms with Crippen LogP contribution in [0.3, 0.4) is 0 Å². The molecule has 17 heavy (non-hydrogen) atoms. The smallest absolute Gasteiger partial charge is 0.352 e. The number of aryl methyl sites for hydroxylation is 1. The normalized spacial score (nSPS) is 10.5. The quantitative estimate of drug-likeness (QED) is 0.913. The van der Waals surface area contributed by atoms with E-state index in [4.69, 9.17) is 16.7 Å². The third-order valence-corrected chi connectivity index (χ3v) is 3.11. The summed E-state index contributed by atoms with van der Waals surface area (Å²) in [6.07, 6.45) is 1.71. The Morgan fingerprint density at radius 2 is 2.12 bits per heavy atom. The van der Waals surface area contributed by atoms with Crippen molar-refractivity contribution in [1.29, 1.82) is 0 Å². The molecule has 1 aromatic carbocycles. The standard InChI is InChI=1S/C12H9BrClNO2/c1-7-2-3-9(14)5-10(7)15-6-8(13)4-11(15)12(16)17/h2-6H,1H3,(H,16,17). The molecule has 0 amide bonds. The molecule has 2 aromatic rings. The number of halogens is 2. The number of carboxylic acids is 1. The van der Waals surface area contributed by atoms with Gasteiger partial charge in [-0.1, -0.05) is 17.7 Å². The van der Waals surface area contributed by atoms with Crippen LogP contribution >= 0.6 is 27.5 Å². The minimum absolute atomic E-state index is 0.197. The average Bonchev–Trinajstić information content (AvgIpc) is 2.64. The molecule has 0 saturated heterocycles. The van der Waals surface area contributed by atoms with Gasteiger partial charge in [0.05, 0.1) is 5.69 Å². The molecule has 0 fully saturated rings. The maximum absolute atomic E-state index is 11.1. The summed E-state index contributed by atoms with van der Waals surface area (Å²) >= 11 is 9.21. The van der Waals surface area contributed by atoms with Crippen LogP contribution in [0.1, 0.15) is 16.1 Å². The minimum atomic E-state index is -0.977. The van der Waals surface area contributed by atoms with Gasteiger partial charge in [-0.25, -0.2) is 4.79 Å². The van der Waals surface area contributed by atoms with Crippen molar-refractivity contribution in [3.05, 3.63) is 51.2 Å². The van der Waals surface area contributed by atoms with E-state index in [1.807, 2.05) is 13.0 Å². The highest BCUT2D eigenvalue weighted by atomic mass is 79.9. The van der Waals surface area contributed by atoms with Crippen LogP contribution in [0.4, 0.5) is 0 Å². The van der Waals surface area contributed by atoms with Gasteiger partial charge in [-0.05, 0) is 46.6 Å². The topological polar surface area (TPSA) is 42.2 Å². The SMILES string of the molecule is Cc1ccc(Cl)cc1-n1cc(Br)cc1C(=O)O. The molecular formula is C12H9BrClNO2. The second-order valence-electron chi connectivity index (χ2n) is 3.65. The Hall–Kier alpha value is -1.26. The molecule has 0 aliphatic heterocycles. The number of nitrogens with zero attached hydrogens (tertiary/aromatic N) is 1. The minimum Gasteiger partial charge on any atom is -0.477 e. The number of rotatable bonds is 2. The number of hydrogen-bond donors (Lipinski definition) is 1. The van der Waals surface area contributed by atoms with Crippen molar-refractivity contribution >= 4 is 33.5 Å². The molecule has 0 aliphatic rings. The van der Waals surface area contributed by atoms with E-state index in [0.29, 0.717) is 9.50 Å². The Kier molecular flexibility index (Phi) is 3.26. The Morgan fingerprint density at radius 1 is 1.41 bits per heavy atom. The summed E-state index contributed by atoms with van der Waals surface area (Å²) in [6, 6.07) is 6.94. The fourth-order valence-corrected chi connectivity index (χ4v) is 2.22. The van der Waals surface area contributed by atoms with Crippen LogP contribution in [0.25, 0.3) is 5.69 Å². The summed E-state index contributed by atoms with van der Waals surface area (Å²) in [6.45, 7) is 1.91. The van der Waals surface area contributed by atoms with E-state index in [1.165, 1.54) is 0 Å². The lowest BCUT2D eigenvalue weighted by Crippen LogP contribution is -2.06. The van der Waals surface area contributed by atoms with Crippen LogP contribution in [0.5, 0.6) is 0 Å². The zero-order chi connectivity index (χ0) is 12.6. The fraction of sp³-hybridized carbons (Fsp3) is 0.0833. The van der Waals surface area contributed by atoms with Crippen LogP contribution < -0.4 is 0 Å². The van der Waals surface area contributed by atoms with Crippen molar-refractivity contribution in [2.75, 3.05) is 0 Å². The molecule has 0 aliphatic carbocycles. The van der Waals surface area contributed by atoms with Gasteiger partial charge in [0.15, 0.2) is 0 Å². The number of aromatic nitrogens is 1. The van der Waals surface area contributed by atoms with Crippen LogP contribution in [-0.4, -0.2) is 15.6 Å². The largest absolute Gasteiger partial charge is 0.477 e. The first-order chi connectivity index (χ1) is 7.99. The second kappa shape index (κ2) is 4.55. The molecule has 0 bridgehead atoms. The average molecular weight is 315 g/mol. The highest BCUT2D eigenvalue weighted by Crippen LogP contribution is 2.24. The number of benzene rings is 1. The summed E-state index contributed by atoms with van der Waals surface area (Å²) < 4.78 is 2.32. The summed E-state index contributed by atoms with van der Waals surface area (Å²) in [5.74, 6) is -0.977. The van der Waals surface area contributed by atoms with E-state index in [9.17, 15) is 4.79 Å². The molecule has 1 N–H and O–H groups in total. The molecule has 0 saturated carbocycles. The third-order valence-electron chi connectivity index (χ3n) is 2.44. The summed E-state index contributed by atoms with van der Waals surface area (Å²) in [5.41, 5.74) is 1.92. The Bertz CT molecular complexity index is 592. The molecule has 5 heteroatoms. The van der Waals surface area contributed by atoms with Gasteiger partial charge in [-0.15, -0.1) is 0 Å². The van der Waals surface area contributed by atoms with E-state index in [1.54, 1.807) is 29.0 Å². The third kappa shape index (κ3) is 2.37. The van der Waals surface area contributed by atoms with Crippen LogP contribution in [0, 0.1) is 6.92 Å². The van der Waals surface area contributed by atoms with Gasteiger partial charge in [-0.3, -0.25) is 0 Å². The van der Waals surface area contributed by atoms with Crippen molar-refractivity contribution in [1.82, 2.24) is 4.57 Å². The Balaban J connectivity index is 2.67. The predicted molar refractivity (Wildman–Crippen MR) is 70.2 cm³/mol. The summed E-state index contributed by atoms with van der Waals surface area (Å²) in [4.78, 5) is 11.1. The molecular weight excluding hydrogens is 305 g/mol. The van der Waals surface area contributed by atoms with Crippen molar-refractivity contribution < 1.29 is 9.90 Å². The molecule has 0 unspecified atom stereocenters. The first-order valence-electron chi connectivity index (χ1n) is 4.87. The molecule has 3 nitrogen and oxygen atoms in total. The van der Waals surface area contributed by atoms with Crippen LogP contribution in [-0.2, 0) is 0 Å². The van der Waals surface area contributed by atoms with Gasteiger partial charge < -0.3 is 9.67 Å². The van der Waals surface area contributed by atoms with Gasteiger partial charge in [-0.2, -0.15) is 0 Å². The van der Waals surface area contributed by atoms with Crippen molar-refractivity contribution in [2.45, 2.75) is 6.92 Å². The zero-order valence-corrected chi connectivity index (χ0v) is 11.3. The van der Waals surface area contributed by atoms with E-state index >= 15 is 0 Å². The maximum atomic E-state index is 11.1. The lowest BCUT2D eigenvalue weighted by atomic mass is 10.2. The first-order valence-corrected chi connectivity index (χ1v) is 6.04. The monoisotopic (exact) mass is 313 g/mol. The summed E-state index contributed by atoms with van der Waals surface area (Å²) in [7, 11) is 0. The lowest BCUT2D eigenvalue weighted by Gasteiger charge is -2.10. The highest BCUT2D eigenvalue weighted by Gasteiger charge is 2.14. The number of carbonyl (C=O) groups is 1. The Morgan fingerprint density at radius 3 is 2.76 bits per heavy atom. The lowest BCUT2D eigenvalue weighted by molar-refractivity contribution is 0.0688. The van der Waals surface area contributed by atoms with Crippen molar-refractivity contribution in [3.63, 3.8) is 0 Å². The summed E-state index contributed by atoms with van der Waals surface area (Å²) in [5, 5.41) is 9.70. The molecule has 0 atom stereocenters. The first kappa shape index (κ1) is 12.2. The van der Waals surface area contributed by atoms with Gasteiger partial charge in [0, 0.05) is 15.7 Å². The molecule has 88 valence electrons. The number of aromatic carboxylic acids is 1. The predicted octanol–water partition coefficient (Wildman–Crippen LogP) is 3.90. The van der Waals surface area contributed by atoms with Crippen molar-refractivity contribution in [2.24, 2.45) is 0 Å². The molecule has 0 radical (unpaired) electrons. The maximum Gasteiger partial charge on any atom is 0.352 e. The zero-order valence-electron chi connectivity index (χ0n) is 8.95. The Labute approximate surface area is 112 Å². The van der Waals surface area contributed by atoms with Gasteiger partial charge in [0.25, 0.3) is 0 Å². The number of hydrogen-bond acceptors (Lipinski definition) is 1. The van der Waals surface area contributed by atoms with Crippen LogP contribution in [0.15, 0.2) is 34.9 Å². The van der Waals surface area contributed by atoms with E-state index < -0.39 is 5.97 Å². The van der Waals surface area contributed by atoms with Crippen molar-refractivity contribution in [3.8, 4) is 5.69 Å². The van der Waals surface area contributed by atoms with E-state index in [-0.39, 0.29) is 5.69 Å². The van der Waals surface area contributed by atoms with E-state index in [0.717, 1.165) is 11.3 Å². The van der Waals surface area contributed by atoms with E-state index in [2.05, 4.69) is 15.9 Å². The van der Waals surface area contributed by atoms with Gasteiger partial charge in [0.2, 0.25) is 0 Å². The number of carboxylic acid groups (broad SMARTS) is 1. The van der Waals surface area contributed by atoms with Gasteiger partial charge in [0.1, 0.15) is 5.69 Å². The highest BCUT2D eigenvalue weighted by molar-refractivity contribution is 9.10. The second-order valence-corrected chi connectivity index (χ2v) is 5.00. The molecule has 1 heterocycles. The van der Waals surface area contributed by atoms with Gasteiger partial charge >= 0.3 is 5.97 Å². The molecule has 1 aromatic heterocycles. The molecule has 2 rings (SSSR count).